The summed E-state index contributed by atoms with van der Waals surface area (Å²) >= 11 is 0. The molecule has 1 aliphatic heterocycles. The van der Waals surface area contributed by atoms with Crippen LogP contribution >= 0.6 is 12.4 Å². The van der Waals surface area contributed by atoms with E-state index in [1.807, 2.05) is 16.8 Å². The summed E-state index contributed by atoms with van der Waals surface area (Å²) in [5, 5.41) is 8.33. The first-order valence-corrected chi connectivity index (χ1v) is 12.4. The number of amides is 1. The molecule has 0 saturated carbocycles. The molecule has 1 aromatic carbocycles. The van der Waals surface area contributed by atoms with Crippen molar-refractivity contribution in [1.29, 1.82) is 0 Å². The molecule has 0 aliphatic carbocycles. The predicted molar refractivity (Wildman–Crippen MR) is 145 cm³/mol. The van der Waals surface area contributed by atoms with Crippen molar-refractivity contribution in [3.05, 3.63) is 47.4 Å². The van der Waals surface area contributed by atoms with Gasteiger partial charge in [0, 0.05) is 12.1 Å². The Morgan fingerprint density at radius 2 is 1.54 bits per heavy atom. The van der Waals surface area contributed by atoms with Gasteiger partial charge < -0.3 is 10.2 Å². The summed E-state index contributed by atoms with van der Waals surface area (Å²) in [5.74, 6) is 0.329. The lowest BCUT2D eigenvalue weighted by molar-refractivity contribution is 0.102. The summed E-state index contributed by atoms with van der Waals surface area (Å²) in [6.45, 7) is 17.1. The van der Waals surface area contributed by atoms with Gasteiger partial charge >= 0.3 is 0 Å². The average Bonchev–Trinajstić information content (AvgIpc) is 3.21. The second kappa shape index (κ2) is 10.6. The van der Waals surface area contributed by atoms with Crippen molar-refractivity contribution < 1.29 is 4.79 Å². The number of hydrogen-bond acceptors (Lipinski definition) is 5. The van der Waals surface area contributed by atoms with E-state index in [1.165, 1.54) is 25.6 Å². The molecule has 1 N–H and O–H groups in total. The zero-order valence-corrected chi connectivity index (χ0v) is 22.7. The Morgan fingerprint density at radius 3 is 2.14 bits per heavy atom. The van der Waals surface area contributed by atoms with Gasteiger partial charge in [0.05, 0.1) is 18.1 Å². The second-order valence-electron chi connectivity index (χ2n) is 11.5. The minimum absolute atomic E-state index is 0. The molecule has 3 heterocycles. The molecule has 3 aromatic rings. The summed E-state index contributed by atoms with van der Waals surface area (Å²) in [7, 11) is 0. The van der Waals surface area contributed by atoms with Gasteiger partial charge in [-0.05, 0) is 60.0 Å². The molecular formula is C27H39ClN6O. The number of nitrogens with zero attached hydrogens (tertiary/aromatic N) is 5. The Bertz CT molecular complexity index is 1140. The molecule has 0 atom stereocenters. The molecule has 2 aromatic heterocycles. The molecule has 4 rings (SSSR count). The fraction of sp³-hybridized carbons (Fsp3) is 0.556. The number of anilines is 1. The number of benzene rings is 1. The van der Waals surface area contributed by atoms with E-state index < -0.39 is 0 Å². The average molecular weight is 499 g/mol. The van der Waals surface area contributed by atoms with Crippen LogP contribution in [-0.4, -0.2) is 50.2 Å². The molecule has 1 fully saturated rings. The minimum Gasteiger partial charge on any atom is -0.306 e. The van der Waals surface area contributed by atoms with Crippen LogP contribution in [0.1, 0.15) is 82.3 Å². The summed E-state index contributed by atoms with van der Waals surface area (Å²) in [5.41, 5.74) is 3.55. The Balaban J connectivity index is 0.00000342. The van der Waals surface area contributed by atoms with Gasteiger partial charge in [-0.15, -0.1) is 12.4 Å². The van der Waals surface area contributed by atoms with E-state index in [2.05, 4.69) is 72.9 Å². The van der Waals surface area contributed by atoms with Crippen LogP contribution in [0.4, 0.5) is 5.82 Å². The zero-order chi connectivity index (χ0) is 24.5. The molecule has 7 nitrogen and oxygen atoms in total. The van der Waals surface area contributed by atoms with Crippen molar-refractivity contribution in [3.63, 3.8) is 0 Å². The van der Waals surface area contributed by atoms with Crippen LogP contribution < -0.4 is 5.32 Å². The van der Waals surface area contributed by atoms with Crippen molar-refractivity contribution >= 4 is 35.2 Å². The number of carbonyl (C=O) groups is 1. The highest BCUT2D eigenvalue weighted by Gasteiger charge is 2.23. The van der Waals surface area contributed by atoms with Gasteiger partial charge in [0.2, 0.25) is 0 Å². The number of nitrogens with one attached hydrogen (secondary N) is 1. The number of fused-ring (bicyclic) bond motifs is 1. The molecule has 35 heavy (non-hydrogen) atoms. The third kappa shape index (κ3) is 6.39. The van der Waals surface area contributed by atoms with E-state index >= 15 is 0 Å². The number of carbonyl (C=O) groups excluding carboxylic acids is 1. The predicted octanol–water partition coefficient (Wildman–Crippen LogP) is 5.58. The maximum absolute atomic E-state index is 13.3. The Hall–Kier alpha value is -2.51. The zero-order valence-electron chi connectivity index (χ0n) is 21.9. The third-order valence-electron chi connectivity index (χ3n) is 6.67. The maximum Gasteiger partial charge on any atom is 0.256 e. The highest BCUT2D eigenvalue weighted by atomic mass is 35.5. The van der Waals surface area contributed by atoms with E-state index in [0.717, 1.165) is 48.3 Å². The lowest BCUT2D eigenvalue weighted by atomic mass is 9.79. The molecule has 0 spiro atoms. The summed E-state index contributed by atoms with van der Waals surface area (Å²) in [6, 6.07) is 6.20. The van der Waals surface area contributed by atoms with E-state index in [-0.39, 0.29) is 29.1 Å². The lowest BCUT2D eigenvalue weighted by Crippen LogP contribution is -2.32. The van der Waals surface area contributed by atoms with Crippen LogP contribution in [0.2, 0.25) is 0 Å². The molecule has 0 radical (unpaired) electrons. The van der Waals surface area contributed by atoms with E-state index in [4.69, 9.17) is 0 Å². The normalized spacial score (nSPS) is 15.1. The molecule has 1 saturated heterocycles. The van der Waals surface area contributed by atoms with Gasteiger partial charge in [-0.1, -0.05) is 54.0 Å². The van der Waals surface area contributed by atoms with Gasteiger partial charge in [0.25, 0.3) is 5.91 Å². The molecule has 1 amide bonds. The number of halogens is 1. The lowest BCUT2D eigenvalue weighted by Gasteiger charge is -2.26. The minimum atomic E-state index is -0.169. The first-order chi connectivity index (χ1) is 16.0. The quantitative estimate of drug-likeness (QED) is 0.496. The highest BCUT2D eigenvalue weighted by Crippen LogP contribution is 2.31. The Labute approximate surface area is 215 Å². The summed E-state index contributed by atoms with van der Waals surface area (Å²) in [6.07, 6.45) is 7.13. The van der Waals surface area contributed by atoms with E-state index in [9.17, 15) is 4.79 Å². The van der Waals surface area contributed by atoms with Crippen LogP contribution in [-0.2, 0) is 17.4 Å². The molecular weight excluding hydrogens is 460 g/mol. The third-order valence-corrected chi connectivity index (χ3v) is 6.67. The second-order valence-corrected chi connectivity index (χ2v) is 11.5. The van der Waals surface area contributed by atoms with Gasteiger partial charge in [-0.2, -0.15) is 5.10 Å². The molecule has 0 unspecified atom stereocenters. The molecule has 1 aliphatic rings. The van der Waals surface area contributed by atoms with Gasteiger partial charge in [-0.25, -0.2) is 14.6 Å². The maximum atomic E-state index is 13.3. The Morgan fingerprint density at radius 1 is 0.914 bits per heavy atom. The highest BCUT2D eigenvalue weighted by molar-refractivity contribution is 6.07. The Kier molecular flexibility index (Phi) is 8.22. The number of hydrogen-bond donors (Lipinski definition) is 1. The van der Waals surface area contributed by atoms with Crippen LogP contribution in [0.15, 0.2) is 30.7 Å². The van der Waals surface area contributed by atoms with Gasteiger partial charge in [0.1, 0.15) is 12.1 Å². The first kappa shape index (κ1) is 27.1. The largest absolute Gasteiger partial charge is 0.306 e. The number of likely N-dealkylation sites (tertiary alicyclic amines) is 1. The SMILES string of the molecule is CC(C)(C)c1cc(C(=O)Nc2ncnc3c2cnn3CCN2CCCCC2)cc(C(C)(C)C)c1.Cl. The van der Waals surface area contributed by atoms with Gasteiger partial charge in [-0.3, -0.25) is 4.79 Å². The van der Waals surface area contributed by atoms with Crippen molar-refractivity contribution in [2.75, 3.05) is 25.0 Å². The van der Waals surface area contributed by atoms with Crippen LogP contribution in [0.3, 0.4) is 0 Å². The van der Waals surface area contributed by atoms with E-state index in [0.29, 0.717) is 11.4 Å². The van der Waals surface area contributed by atoms with Crippen molar-refractivity contribution in [2.24, 2.45) is 0 Å². The van der Waals surface area contributed by atoms with Crippen LogP contribution in [0.5, 0.6) is 0 Å². The number of rotatable bonds is 5. The number of aromatic nitrogens is 4. The monoisotopic (exact) mass is 498 g/mol. The van der Waals surface area contributed by atoms with Crippen molar-refractivity contribution in [1.82, 2.24) is 24.6 Å². The molecule has 0 bridgehead atoms. The van der Waals surface area contributed by atoms with Crippen molar-refractivity contribution in [3.8, 4) is 0 Å². The molecule has 190 valence electrons. The van der Waals surface area contributed by atoms with Crippen molar-refractivity contribution in [2.45, 2.75) is 78.2 Å². The fourth-order valence-corrected chi connectivity index (χ4v) is 4.38. The van der Waals surface area contributed by atoms with E-state index in [1.54, 1.807) is 6.20 Å². The fourth-order valence-electron chi connectivity index (χ4n) is 4.38. The topological polar surface area (TPSA) is 75.9 Å². The number of piperidine rings is 1. The summed E-state index contributed by atoms with van der Waals surface area (Å²) in [4.78, 5) is 24.7. The molecule has 8 heteroatoms. The van der Waals surface area contributed by atoms with Gasteiger partial charge in [0.15, 0.2) is 5.65 Å². The van der Waals surface area contributed by atoms with Crippen LogP contribution in [0, 0.1) is 0 Å². The standard InChI is InChI=1S/C27H38N6O.ClH/c1-26(2,3)20-14-19(15-21(16-20)27(4,5)6)25(34)31-23-22-17-30-33(24(22)29-18-28-23)13-12-32-10-8-7-9-11-32;/h14-18H,7-13H2,1-6H3,(H,28,29,31,34);1H. The summed E-state index contributed by atoms with van der Waals surface area (Å²) < 4.78 is 1.92. The first-order valence-electron chi connectivity index (χ1n) is 12.4. The smallest absolute Gasteiger partial charge is 0.256 e. The van der Waals surface area contributed by atoms with Crippen LogP contribution in [0.25, 0.3) is 11.0 Å².